The van der Waals surface area contributed by atoms with Crippen molar-refractivity contribution in [2.75, 3.05) is 14.2 Å². The van der Waals surface area contributed by atoms with Gasteiger partial charge >= 0.3 is 0 Å². The van der Waals surface area contributed by atoms with E-state index in [9.17, 15) is 0 Å². The van der Waals surface area contributed by atoms with Gasteiger partial charge in [-0.3, -0.25) is 9.68 Å². The number of benzene rings is 1. The maximum absolute atomic E-state index is 5.19. The third-order valence-corrected chi connectivity index (χ3v) is 2.75. The first-order valence-corrected chi connectivity index (χ1v) is 5.84. The normalized spacial score (nSPS) is 20.8. The van der Waals surface area contributed by atoms with Crippen molar-refractivity contribution in [1.29, 1.82) is 0 Å². The summed E-state index contributed by atoms with van der Waals surface area (Å²) >= 11 is 0. The summed E-state index contributed by atoms with van der Waals surface area (Å²) in [5.74, 6) is 0. The molecule has 1 aliphatic rings. The Kier molecular flexibility index (Phi) is 4.47. The van der Waals surface area contributed by atoms with E-state index in [0.717, 1.165) is 11.1 Å². The number of rotatable bonds is 4. The van der Waals surface area contributed by atoms with Crippen LogP contribution in [0.2, 0.25) is 0 Å². The van der Waals surface area contributed by atoms with E-state index in [-0.39, 0.29) is 6.04 Å². The Labute approximate surface area is 108 Å². The molecule has 1 unspecified atom stereocenters. The van der Waals surface area contributed by atoms with Gasteiger partial charge < -0.3 is 0 Å². The molecule has 1 atom stereocenters. The lowest BCUT2D eigenvalue weighted by atomic mass is 10.00. The van der Waals surface area contributed by atoms with Gasteiger partial charge in [0.15, 0.2) is 0 Å². The van der Waals surface area contributed by atoms with Crippen LogP contribution >= 0.6 is 0 Å². The van der Waals surface area contributed by atoms with Gasteiger partial charge in [-0.1, -0.05) is 59.9 Å². The minimum Gasteiger partial charge on any atom is -0.277 e. The third kappa shape index (κ3) is 2.96. The lowest BCUT2D eigenvalue weighted by Crippen LogP contribution is -2.33. The molecule has 0 fully saturated rings. The highest BCUT2D eigenvalue weighted by molar-refractivity contribution is 5.59. The zero-order valence-corrected chi connectivity index (χ0v) is 10.6. The Bertz CT molecular complexity index is 459. The van der Waals surface area contributed by atoms with Crippen LogP contribution < -0.4 is 0 Å². The van der Waals surface area contributed by atoms with E-state index in [0.29, 0.717) is 0 Å². The predicted molar refractivity (Wildman–Crippen MR) is 72.3 cm³/mol. The summed E-state index contributed by atoms with van der Waals surface area (Å²) in [7, 11) is 3.19. The number of hydroxylamine groups is 2. The highest BCUT2D eigenvalue weighted by Gasteiger charge is 2.20. The van der Waals surface area contributed by atoms with Gasteiger partial charge in [-0.25, -0.2) is 0 Å². The second-order valence-electron chi connectivity index (χ2n) is 3.89. The Hall–Kier alpha value is -1.68. The van der Waals surface area contributed by atoms with Crippen molar-refractivity contribution in [2.24, 2.45) is 0 Å². The van der Waals surface area contributed by atoms with E-state index >= 15 is 0 Å². The summed E-state index contributed by atoms with van der Waals surface area (Å²) in [6, 6.07) is 10.2. The van der Waals surface area contributed by atoms with E-state index < -0.39 is 0 Å². The van der Waals surface area contributed by atoms with E-state index in [4.69, 9.17) is 9.68 Å². The van der Waals surface area contributed by atoms with Crippen LogP contribution in [0.5, 0.6) is 0 Å². The maximum atomic E-state index is 5.19. The molecule has 3 heteroatoms. The van der Waals surface area contributed by atoms with Crippen molar-refractivity contribution < 1.29 is 9.68 Å². The molecular formula is C15H17NO2. The molecule has 2 rings (SSSR count). The van der Waals surface area contributed by atoms with Crippen molar-refractivity contribution in [3.63, 3.8) is 0 Å². The standard InChI is InChI=1S/C15H17NO2/c1-17-16(18-2)15-11-7-6-10-14(15)12-13-8-4-3-5-9-13/h3-12,15H,1-2H3. The molecule has 0 aromatic heterocycles. The molecule has 0 saturated heterocycles. The van der Waals surface area contributed by atoms with Crippen LogP contribution in [-0.4, -0.2) is 25.5 Å². The molecule has 1 aliphatic carbocycles. The van der Waals surface area contributed by atoms with E-state index in [1.54, 1.807) is 14.2 Å². The molecule has 0 N–H and O–H groups in total. The van der Waals surface area contributed by atoms with Gasteiger partial charge in [0.25, 0.3) is 0 Å². The maximum Gasteiger partial charge on any atom is 0.106 e. The van der Waals surface area contributed by atoms with Gasteiger partial charge in [0.2, 0.25) is 0 Å². The van der Waals surface area contributed by atoms with Crippen LogP contribution in [0.4, 0.5) is 0 Å². The highest BCUT2D eigenvalue weighted by atomic mass is 16.9. The Morgan fingerprint density at radius 3 is 2.44 bits per heavy atom. The van der Waals surface area contributed by atoms with E-state index in [2.05, 4.69) is 24.3 Å². The number of hydrogen-bond acceptors (Lipinski definition) is 3. The minimum atomic E-state index is -0.0368. The molecule has 3 nitrogen and oxygen atoms in total. The molecule has 1 aromatic carbocycles. The highest BCUT2D eigenvalue weighted by Crippen LogP contribution is 2.21. The van der Waals surface area contributed by atoms with E-state index in [1.807, 2.05) is 36.4 Å². The van der Waals surface area contributed by atoms with Crippen LogP contribution in [0.25, 0.3) is 6.08 Å². The summed E-state index contributed by atoms with van der Waals surface area (Å²) in [4.78, 5) is 10.4. The first-order valence-electron chi connectivity index (χ1n) is 5.84. The third-order valence-electron chi connectivity index (χ3n) is 2.75. The summed E-state index contributed by atoms with van der Waals surface area (Å²) in [5.41, 5.74) is 2.28. The molecule has 0 amide bonds. The first-order chi connectivity index (χ1) is 8.85. The molecule has 0 bridgehead atoms. The van der Waals surface area contributed by atoms with Crippen molar-refractivity contribution in [3.8, 4) is 0 Å². The molecule has 0 spiro atoms. The monoisotopic (exact) mass is 243 g/mol. The van der Waals surface area contributed by atoms with Crippen LogP contribution in [-0.2, 0) is 9.68 Å². The summed E-state index contributed by atoms with van der Waals surface area (Å²) in [6.07, 6.45) is 10.2. The van der Waals surface area contributed by atoms with Gasteiger partial charge in [0.1, 0.15) is 6.04 Å². The van der Waals surface area contributed by atoms with Crippen molar-refractivity contribution in [2.45, 2.75) is 6.04 Å². The van der Waals surface area contributed by atoms with Gasteiger partial charge in [0.05, 0.1) is 14.2 Å². The summed E-state index contributed by atoms with van der Waals surface area (Å²) < 4.78 is 0. The Balaban J connectivity index is 2.27. The van der Waals surface area contributed by atoms with Crippen molar-refractivity contribution in [3.05, 3.63) is 65.8 Å². The quantitative estimate of drug-likeness (QED) is 0.759. The fraction of sp³-hybridized carbons (Fsp3) is 0.200. The molecule has 0 heterocycles. The molecule has 0 aliphatic heterocycles. The molecule has 0 radical (unpaired) electrons. The van der Waals surface area contributed by atoms with Gasteiger partial charge in [-0.05, 0) is 17.2 Å². The SMILES string of the molecule is CON(OC)C1C=CC=CC1=Cc1ccccc1. The van der Waals surface area contributed by atoms with Gasteiger partial charge in [-0.2, -0.15) is 0 Å². The number of hydrogen-bond donors (Lipinski definition) is 0. The van der Waals surface area contributed by atoms with Gasteiger partial charge in [0, 0.05) is 0 Å². The Morgan fingerprint density at radius 1 is 1.06 bits per heavy atom. The minimum absolute atomic E-state index is 0.0368. The second kappa shape index (κ2) is 6.31. The topological polar surface area (TPSA) is 21.7 Å². The lowest BCUT2D eigenvalue weighted by Gasteiger charge is -2.26. The van der Waals surface area contributed by atoms with Crippen LogP contribution in [0.15, 0.2) is 60.2 Å². The molecule has 1 aromatic rings. The lowest BCUT2D eigenvalue weighted by molar-refractivity contribution is -0.351. The van der Waals surface area contributed by atoms with Gasteiger partial charge in [-0.15, -0.1) is 0 Å². The second-order valence-corrected chi connectivity index (χ2v) is 3.89. The average molecular weight is 243 g/mol. The smallest absolute Gasteiger partial charge is 0.106 e. The molecule has 0 saturated carbocycles. The molecule has 18 heavy (non-hydrogen) atoms. The zero-order chi connectivity index (χ0) is 12.8. The number of nitrogens with zero attached hydrogens (tertiary/aromatic N) is 1. The number of allylic oxidation sites excluding steroid dienone is 2. The Morgan fingerprint density at radius 2 is 1.78 bits per heavy atom. The van der Waals surface area contributed by atoms with Crippen molar-refractivity contribution >= 4 is 6.08 Å². The zero-order valence-electron chi connectivity index (χ0n) is 10.6. The van der Waals surface area contributed by atoms with Crippen molar-refractivity contribution in [1.82, 2.24) is 5.23 Å². The predicted octanol–water partition coefficient (Wildman–Crippen LogP) is 2.99. The largest absolute Gasteiger partial charge is 0.277 e. The van der Waals surface area contributed by atoms with Crippen LogP contribution in [0.1, 0.15) is 5.56 Å². The first kappa shape index (κ1) is 12.8. The summed E-state index contributed by atoms with van der Waals surface area (Å²) in [5, 5.41) is 1.47. The molecular weight excluding hydrogens is 226 g/mol. The fourth-order valence-corrected chi connectivity index (χ4v) is 1.91. The van der Waals surface area contributed by atoms with E-state index in [1.165, 1.54) is 5.23 Å². The fourth-order valence-electron chi connectivity index (χ4n) is 1.91. The summed E-state index contributed by atoms with van der Waals surface area (Å²) in [6.45, 7) is 0. The van der Waals surface area contributed by atoms with Crippen LogP contribution in [0, 0.1) is 0 Å². The average Bonchev–Trinajstić information content (AvgIpc) is 2.43. The van der Waals surface area contributed by atoms with Crippen LogP contribution in [0.3, 0.4) is 0 Å². The molecule has 94 valence electrons.